The number of carbonyl (C=O) groups excluding carboxylic acids is 1. The van der Waals surface area contributed by atoms with Gasteiger partial charge in [-0.25, -0.2) is 0 Å². The number of fused-ring (bicyclic) bond motifs is 7. The number of Topliss-reactive ketones (excluding diaryl/α,β-unsaturated/α-hetero) is 1. The lowest BCUT2D eigenvalue weighted by Crippen LogP contribution is -2.66. The lowest BCUT2D eigenvalue weighted by atomic mass is 9.33. The summed E-state index contributed by atoms with van der Waals surface area (Å²) in [5.74, 6) is 3.31. The zero-order chi connectivity index (χ0) is 23.5. The van der Waals surface area contributed by atoms with Crippen LogP contribution in [0, 0.1) is 56.7 Å². The second kappa shape index (κ2) is 6.73. The third kappa shape index (κ3) is 2.60. The van der Waals surface area contributed by atoms with Crippen molar-refractivity contribution in [3.63, 3.8) is 0 Å². The van der Waals surface area contributed by atoms with Crippen molar-refractivity contribution in [2.24, 2.45) is 56.7 Å². The summed E-state index contributed by atoms with van der Waals surface area (Å²) in [6.45, 7) is 19.5. The summed E-state index contributed by atoms with van der Waals surface area (Å²) in [6, 6.07) is 0. The minimum absolute atomic E-state index is 0.0289. The average molecular weight is 441 g/mol. The number of hydrogen-bond donors (Lipinski definition) is 1. The maximum absolute atomic E-state index is 13.0. The van der Waals surface area contributed by atoms with Crippen LogP contribution in [0.4, 0.5) is 0 Å². The van der Waals surface area contributed by atoms with Crippen LogP contribution in [0.25, 0.3) is 0 Å². The SMILES string of the molecule is C[C@H]1[C@H](C)CC[C@]2(C)CC[C@]3(C)C(=CCC4[C@@]5(C)C[C@@H](O)C(=O)C(C)(C)C5CC[C@]43C)[C@H]12. The van der Waals surface area contributed by atoms with Gasteiger partial charge in [0.2, 0.25) is 0 Å². The van der Waals surface area contributed by atoms with Crippen molar-refractivity contribution in [1.29, 1.82) is 0 Å². The molecular weight excluding hydrogens is 392 g/mol. The number of ketones is 1. The van der Waals surface area contributed by atoms with Crippen molar-refractivity contribution < 1.29 is 9.90 Å². The molecule has 0 bridgehead atoms. The highest BCUT2D eigenvalue weighted by Crippen LogP contribution is 2.75. The number of carbonyl (C=O) groups is 1. The molecule has 2 unspecified atom stereocenters. The Morgan fingerprint density at radius 2 is 1.59 bits per heavy atom. The normalized spacial score (nSPS) is 56.9. The minimum Gasteiger partial charge on any atom is -0.385 e. The fourth-order valence-electron chi connectivity index (χ4n) is 10.8. The molecule has 10 atom stereocenters. The van der Waals surface area contributed by atoms with Gasteiger partial charge in [0, 0.05) is 5.41 Å². The lowest BCUT2D eigenvalue weighted by molar-refractivity contribution is -0.198. The average Bonchev–Trinajstić information content (AvgIpc) is 2.70. The van der Waals surface area contributed by atoms with E-state index in [-0.39, 0.29) is 22.0 Å². The summed E-state index contributed by atoms with van der Waals surface area (Å²) in [5, 5.41) is 10.9. The highest BCUT2D eigenvalue weighted by Gasteiger charge is 2.69. The molecule has 5 aliphatic carbocycles. The summed E-state index contributed by atoms with van der Waals surface area (Å²) < 4.78 is 0. The van der Waals surface area contributed by atoms with Gasteiger partial charge in [-0.05, 0) is 103 Å². The Bertz CT molecular complexity index is 855. The standard InChI is InChI=1S/C30H48O2/c1-18-11-13-27(5)15-16-29(7)20(24(27)19(18)2)9-10-23-28(6)17-21(31)25(32)26(3,4)22(28)12-14-30(23,29)8/h9,18-19,21-24,31H,10-17H2,1-8H3/t18-,19+,21-,22?,23?,24+,27-,28+,29-,30-/m1/s1. The Hall–Kier alpha value is -0.630. The molecule has 32 heavy (non-hydrogen) atoms. The highest BCUT2D eigenvalue weighted by molar-refractivity contribution is 5.89. The van der Waals surface area contributed by atoms with Crippen molar-refractivity contribution in [3.8, 4) is 0 Å². The van der Waals surface area contributed by atoms with E-state index in [1.807, 2.05) is 0 Å². The Labute approximate surface area is 197 Å². The van der Waals surface area contributed by atoms with Gasteiger partial charge < -0.3 is 5.11 Å². The molecule has 2 heteroatoms. The first-order valence-corrected chi connectivity index (χ1v) is 13.7. The van der Waals surface area contributed by atoms with Crippen LogP contribution >= 0.6 is 0 Å². The second-order valence-corrected chi connectivity index (χ2v) is 14.6. The summed E-state index contributed by atoms with van der Waals surface area (Å²) in [6.07, 6.45) is 11.5. The first-order valence-electron chi connectivity index (χ1n) is 13.7. The second-order valence-electron chi connectivity index (χ2n) is 14.6. The summed E-state index contributed by atoms with van der Waals surface area (Å²) in [5.41, 5.74) is 2.38. The van der Waals surface area contributed by atoms with Crippen LogP contribution in [0.1, 0.15) is 107 Å². The summed E-state index contributed by atoms with van der Waals surface area (Å²) >= 11 is 0. The zero-order valence-electron chi connectivity index (χ0n) is 22.1. The van der Waals surface area contributed by atoms with E-state index in [0.29, 0.717) is 23.7 Å². The first kappa shape index (κ1) is 23.1. The molecule has 4 saturated carbocycles. The quantitative estimate of drug-likeness (QED) is 0.404. The van der Waals surface area contributed by atoms with Gasteiger partial charge in [0.1, 0.15) is 6.10 Å². The van der Waals surface area contributed by atoms with Crippen molar-refractivity contribution in [2.75, 3.05) is 0 Å². The third-order valence-electron chi connectivity index (χ3n) is 13.1. The van der Waals surface area contributed by atoms with E-state index in [1.54, 1.807) is 5.57 Å². The number of rotatable bonds is 0. The van der Waals surface area contributed by atoms with Gasteiger partial charge in [0.25, 0.3) is 0 Å². The van der Waals surface area contributed by atoms with E-state index in [4.69, 9.17) is 0 Å². The number of hydrogen-bond acceptors (Lipinski definition) is 2. The fourth-order valence-corrected chi connectivity index (χ4v) is 10.8. The molecule has 0 aromatic rings. The fraction of sp³-hybridized carbons (Fsp3) is 0.900. The largest absolute Gasteiger partial charge is 0.385 e. The zero-order valence-corrected chi connectivity index (χ0v) is 22.1. The molecule has 0 aliphatic heterocycles. The monoisotopic (exact) mass is 440 g/mol. The third-order valence-corrected chi connectivity index (χ3v) is 13.1. The highest BCUT2D eigenvalue weighted by atomic mass is 16.3. The predicted molar refractivity (Wildman–Crippen MR) is 131 cm³/mol. The van der Waals surface area contributed by atoms with Crippen LogP contribution in [-0.4, -0.2) is 17.0 Å². The van der Waals surface area contributed by atoms with Crippen LogP contribution in [0.15, 0.2) is 11.6 Å². The molecule has 0 saturated heterocycles. The van der Waals surface area contributed by atoms with Gasteiger partial charge in [0.15, 0.2) is 5.78 Å². The maximum atomic E-state index is 13.0. The molecule has 5 aliphatic rings. The van der Waals surface area contributed by atoms with Gasteiger partial charge >= 0.3 is 0 Å². The first-order chi connectivity index (χ1) is 14.7. The van der Waals surface area contributed by atoms with Gasteiger partial charge in [0.05, 0.1) is 0 Å². The number of aliphatic hydroxyl groups is 1. The van der Waals surface area contributed by atoms with Crippen LogP contribution in [0.2, 0.25) is 0 Å². The minimum atomic E-state index is -0.791. The smallest absolute Gasteiger partial charge is 0.167 e. The Kier molecular flexibility index (Phi) is 4.87. The van der Waals surface area contributed by atoms with Gasteiger partial charge in [-0.1, -0.05) is 67.0 Å². The predicted octanol–water partition coefficient (Wildman–Crippen LogP) is 7.20. The van der Waals surface area contributed by atoms with Crippen LogP contribution in [-0.2, 0) is 4.79 Å². The topological polar surface area (TPSA) is 37.3 Å². The van der Waals surface area contributed by atoms with E-state index < -0.39 is 11.5 Å². The van der Waals surface area contributed by atoms with Crippen LogP contribution in [0.3, 0.4) is 0 Å². The van der Waals surface area contributed by atoms with Gasteiger partial charge in [-0.3, -0.25) is 4.79 Å². The van der Waals surface area contributed by atoms with E-state index in [1.165, 1.54) is 32.1 Å². The van der Waals surface area contributed by atoms with E-state index >= 15 is 0 Å². The van der Waals surface area contributed by atoms with Crippen molar-refractivity contribution >= 4 is 5.78 Å². The molecule has 0 radical (unpaired) electrons. The molecule has 0 heterocycles. The molecule has 0 spiro atoms. The molecule has 2 nitrogen and oxygen atoms in total. The molecule has 4 fully saturated rings. The number of allylic oxidation sites excluding steroid dienone is 2. The lowest BCUT2D eigenvalue weighted by Gasteiger charge is -2.71. The van der Waals surface area contributed by atoms with Gasteiger partial charge in [-0.15, -0.1) is 0 Å². The Balaban J connectivity index is 1.61. The molecule has 0 amide bonds. The van der Waals surface area contributed by atoms with Crippen molar-refractivity contribution in [1.82, 2.24) is 0 Å². The van der Waals surface area contributed by atoms with E-state index in [2.05, 4.69) is 61.5 Å². The Morgan fingerprint density at radius 1 is 0.906 bits per heavy atom. The molecule has 0 aromatic heterocycles. The van der Waals surface area contributed by atoms with Crippen molar-refractivity contribution in [3.05, 3.63) is 11.6 Å². The van der Waals surface area contributed by atoms with Crippen LogP contribution in [0.5, 0.6) is 0 Å². The summed E-state index contributed by atoms with van der Waals surface area (Å²) in [4.78, 5) is 13.0. The van der Waals surface area contributed by atoms with Crippen LogP contribution < -0.4 is 0 Å². The molecule has 180 valence electrons. The number of aliphatic hydroxyl groups excluding tert-OH is 1. The van der Waals surface area contributed by atoms with Crippen molar-refractivity contribution in [2.45, 2.75) is 113 Å². The molecular formula is C30H48O2. The Morgan fingerprint density at radius 3 is 2.28 bits per heavy atom. The van der Waals surface area contributed by atoms with E-state index in [0.717, 1.165) is 30.6 Å². The molecule has 0 aromatic carbocycles. The summed E-state index contributed by atoms with van der Waals surface area (Å²) in [7, 11) is 0. The van der Waals surface area contributed by atoms with E-state index in [9.17, 15) is 9.90 Å². The molecule has 5 rings (SSSR count). The van der Waals surface area contributed by atoms with Gasteiger partial charge in [-0.2, -0.15) is 0 Å². The molecule has 1 N–H and O–H groups in total. The maximum Gasteiger partial charge on any atom is 0.167 e.